The van der Waals surface area contributed by atoms with Gasteiger partial charge in [-0.05, 0) is 23.5 Å². The monoisotopic (exact) mass is 287 g/mol. The highest BCUT2D eigenvalue weighted by Gasteiger charge is 2.28. The minimum Gasteiger partial charge on any atom is -0.373 e. The predicted molar refractivity (Wildman–Crippen MR) is 78.9 cm³/mol. The molecule has 21 heavy (non-hydrogen) atoms. The average Bonchev–Trinajstić information content (AvgIpc) is 2.96. The minimum atomic E-state index is -0.138. The van der Waals surface area contributed by atoms with Gasteiger partial charge in [-0.25, -0.2) is 0 Å². The summed E-state index contributed by atoms with van der Waals surface area (Å²) >= 11 is 0. The number of hydrogen-bond donors (Lipinski definition) is 1. The largest absolute Gasteiger partial charge is 0.373 e. The molecule has 5 heteroatoms. The van der Waals surface area contributed by atoms with E-state index in [0.717, 1.165) is 13.0 Å². The highest BCUT2D eigenvalue weighted by molar-refractivity contribution is 5.35. The zero-order chi connectivity index (χ0) is 14.8. The molecule has 1 aliphatic rings. The summed E-state index contributed by atoms with van der Waals surface area (Å²) in [4.78, 5) is 4.56. The van der Waals surface area contributed by atoms with E-state index >= 15 is 0 Å². The molecule has 2 unspecified atom stereocenters. The molecular weight excluding hydrogens is 266 g/mol. The summed E-state index contributed by atoms with van der Waals surface area (Å²) in [7, 11) is 1.68. The summed E-state index contributed by atoms with van der Waals surface area (Å²) in [6, 6.07) is 8.36. The Labute approximate surface area is 124 Å². The van der Waals surface area contributed by atoms with Crippen molar-refractivity contribution in [1.82, 2.24) is 15.5 Å². The number of rotatable bonds is 4. The van der Waals surface area contributed by atoms with Crippen molar-refractivity contribution in [3.8, 4) is 0 Å². The van der Waals surface area contributed by atoms with Crippen LogP contribution in [0.15, 0.2) is 28.8 Å². The molecule has 0 saturated carbocycles. The third kappa shape index (κ3) is 2.71. The Hall–Kier alpha value is -1.72. The van der Waals surface area contributed by atoms with Gasteiger partial charge in [0.05, 0.1) is 0 Å². The van der Waals surface area contributed by atoms with Crippen LogP contribution in [0.3, 0.4) is 0 Å². The van der Waals surface area contributed by atoms with Gasteiger partial charge in [-0.2, -0.15) is 4.98 Å². The van der Waals surface area contributed by atoms with E-state index in [4.69, 9.17) is 9.26 Å². The van der Waals surface area contributed by atoms with Crippen molar-refractivity contribution in [2.75, 3.05) is 13.7 Å². The van der Waals surface area contributed by atoms with E-state index in [2.05, 4.69) is 47.5 Å². The van der Waals surface area contributed by atoms with Crippen molar-refractivity contribution in [2.45, 2.75) is 32.4 Å². The second kappa shape index (κ2) is 5.95. The molecule has 0 amide bonds. The van der Waals surface area contributed by atoms with E-state index in [1.165, 1.54) is 11.1 Å². The molecule has 0 spiro atoms. The van der Waals surface area contributed by atoms with Gasteiger partial charge in [0, 0.05) is 13.7 Å². The van der Waals surface area contributed by atoms with E-state index in [0.29, 0.717) is 17.6 Å². The molecule has 2 atom stereocenters. The highest BCUT2D eigenvalue weighted by Crippen LogP contribution is 2.29. The Morgan fingerprint density at radius 3 is 2.90 bits per heavy atom. The number of fused-ring (bicyclic) bond motifs is 1. The zero-order valence-corrected chi connectivity index (χ0v) is 12.7. The molecule has 112 valence electrons. The Bertz CT molecular complexity index is 609. The van der Waals surface area contributed by atoms with Crippen molar-refractivity contribution in [3.05, 3.63) is 47.1 Å². The highest BCUT2D eigenvalue weighted by atomic mass is 16.5. The number of nitrogens with zero attached hydrogens (tertiary/aromatic N) is 2. The lowest BCUT2D eigenvalue weighted by Gasteiger charge is -2.23. The predicted octanol–water partition coefficient (Wildman–Crippen LogP) is 2.65. The maximum absolute atomic E-state index is 5.49. The number of methoxy groups -OCH3 is 1. The van der Waals surface area contributed by atoms with Crippen LogP contribution in [0.25, 0.3) is 0 Å². The Kier molecular flexibility index (Phi) is 4.03. The molecule has 5 nitrogen and oxygen atoms in total. The number of aromatic nitrogens is 2. The first-order valence-corrected chi connectivity index (χ1v) is 7.38. The van der Waals surface area contributed by atoms with Crippen LogP contribution in [-0.2, 0) is 11.2 Å². The Morgan fingerprint density at radius 2 is 2.14 bits per heavy atom. The number of ether oxygens (including phenoxy) is 1. The van der Waals surface area contributed by atoms with E-state index in [9.17, 15) is 0 Å². The molecule has 0 aliphatic carbocycles. The molecule has 2 aromatic rings. The molecule has 2 heterocycles. The second-order valence-corrected chi connectivity index (χ2v) is 5.73. The van der Waals surface area contributed by atoms with Crippen LogP contribution in [-0.4, -0.2) is 23.8 Å². The van der Waals surface area contributed by atoms with Crippen LogP contribution in [0, 0.1) is 5.92 Å². The fourth-order valence-electron chi connectivity index (χ4n) is 2.88. The first-order valence-electron chi connectivity index (χ1n) is 7.38. The summed E-state index contributed by atoms with van der Waals surface area (Å²) in [6.45, 7) is 5.08. The first kappa shape index (κ1) is 14.2. The molecule has 1 N–H and O–H groups in total. The lowest BCUT2D eigenvalue weighted by molar-refractivity contribution is 0.0555. The fraction of sp³-hybridized carbons (Fsp3) is 0.500. The van der Waals surface area contributed by atoms with Crippen LogP contribution in [0.5, 0.6) is 0 Å². The minimum absolute atomic E-state index is 0.0270. The lowest BCUT2D eigenvalue weighted by atomic mass is 9.94. The standard InChI is InChI=1S/C16H21N3O2/c1-10(2)14(20-3)15-18-16(21-19-15)13-12-7-5-4-6-11(12)8-9-17-13/h4-7,10,13-14,17H,8-9H2,1-3H3. The van der Waals surface area contributed by atoms with Crippen LogP contribution in [0.1, 0.15) is 48.8 Å². The fourth-order valence-corrected chi connectivity index (χ4v) is 2.88. The molecular formula is C16H21N3O2. The normalized spacial score (nSPS) is 19.5. The Balaban J connectivity index is 1.91. The molecule has 0 bridgehead atoms. The molecule has 1 aromatic carbocycles. The zero-order valence-electron chi connectivity index (χ0n) is 12.7. The third-order valence-corrected chi connectivity index (χ3v) is 3.93. The lowest BCUT2D eigenvalue weighted by Crippen LogP contribution is -2.30. The van der Waals surface area contributed by atoms with Crippen LogP contribution >= 0.6 is 0 Å². The molecule has 1 aliphatic heterocycles. The molecule has 1 aromatic heterocycles. The average molecular weight is 287 g/mol. The molecule has 0 fully saturated rings. The molecule has 3 rings (SSSR count). The van der Waals surface area contributed by atoms with Gasteiger partial charge in [-0.1, -0.05) is 43.3 Å². The van der Waals surface area contributed by atoms with Crippen molar-refractivity contribution in [2.24, 2.45) is 5.92 Å². The maximum atomic E-state index is 5.49. The maximum Gasteiger partial charge on any atom is 0.248 e. The van der Waals surface area contributed by atoms with E-state index in [-0.39, 0.29) is 12.1 Å². The summed E-state index contributed by atoms with van der Waals surface area (Å²) in [5.74, 6) is 1.53. The van der Waals surface area contributed by atoms with Gasteiger partial charge in [-0.15, -0.1) is 0 Å². The van der Waals surface area contributed by atoms with Gasteiger partial charge in [0.1, 0.15) is 12.1 Å². The van der Waals surface area contributed by atoms with E-state index in [1.807, 2.05) is 6.07 Å². The van der Waals surface area contributed by atoms with Gasteiger partial charge < -0.3 is 14.6 Å². The molecule has 0 radical (unpaired) electrons. The van der Waals surface area contributed by atoms with E-state index in [1.54, 1.807) is 7.11 Å². The first-order chi connectivity index (χ1) is 10.2. The smallest absolute Gasteiger partial charge is 0.248 e. The number of hydrogen-bond acceptors (Lipinski definition) is 5. The van der Waals surface area contributed by atoms with Gasteiger partial charge in [-0.3, -0.25) is 0 Å². The SMILES string of the molecule is COC(c1noc(C2NCCc3ccccc32)n1)C(C)C. The third-order valence-electron chi connectivity index (χ3n) is 3.93. The van der Waals surface area contributed by atoms with Crippen LogP contribution in [0.4, 0.5) is 0 Å². The topological polar surface area (TPSA) is 60.2 Å². The molecule has 0 saturated heterocycles. The second-order valence-electron chi connectivity index (χ2n) is 5.73. The summed E-state index contributed by atoms with van der Waals surface area (Å²) in [5.41, 5.74) is 2.56. The summed E-state index contributed by atoms with van der Waals surface area (Å²) < 4.78 is 11.0. The van der Waals surface area contributed by atoms with Crippen molar-refractivity contribution in [3.63, 3.8) is 0 Å². The van der Waals surface area contributed by atoms with Crippen molar-refractivity contribution < 1.29 is 9.26 Å². The van der Waals surface area contributed by atoms with Gasteiger partial charge in [0.25, 0.3) is 0 Å². The van der Waals surface area contributed by atoms with Gasteiger partial charge in [0.2, 0.25) is 11.7 Å². The van der Waals surface area contributed by atoms with E-state index < -0.39 is 0 Å². The van der Waals surface area contributed by atoms with Gasteiger partial charge >= 0.3 is 0 Å². The summed E-state index contributed by atoms with van der Waals surface area (Å²) in [6.07, 6.45) is 0.890. The van der Waals surface area contributed by atoms with Crippen molar-refractivity contribution in [1.29, 1.82) is 0 Å². The Morgan fingerprint density at radius 1 is 1.33 bits per heavy atom. The van der Waals surface area contributed by atoms with Crippen molar-refractivity contribution >= 4 is 0 Å². The quantitative estimate of drug-likeness (QED) is 0.936. The van der Waals surface area contributed by atoms with Gasteiger partial charge in [0.15, 0.2) is 0 Å². The number of benzene rings is 1. The van der Waals surface area contributed by atoms with Crippen LogP contribution < -0.4 is 5.32 Å². The number of nitrogens with one attached hydrogen (secondary N) is 1. The van der Waals surface area contributed by atoms with Crippen LogP contribution in [0.2, 0.25) is 0 Å². The summed E-state index contributed by atoms with van der Waals surface area (Å²) in [5, 5.41) is 7.56.